The van der Waals surface area contributed by atoms with Gasteiger partial charge in [-0.25, -0.2) is 15.0 Å². The molecule has 1 N–H and O–H groups in total. The topological polar surface area (TPSA) is 95.7 Å². The van der Waals surface area contributed by atoms with Crippen molar-refractivity contribution in [2.24, 2.45) is 0 Å². The van der Waals surface area contributed by atoms with E-state index in [1.165, 1.54) is 27.6 Å². The first kappa shape index (κ1) is 27.3. The van der Waals surface area contributed by atoms with Crippen molar-refractivity contribution in [1.29, 1.82) is 0 Å². The molecule has 1 aliphatic heterocycles. The van der Waals surface area contributed by atoms with Gasteiger partial charge in [0, 0.05) is 43.8 Å². The zero-order valence-electron chi connectivity index (χ0n) is 22.0. The number of carbonyl (C=O) groups is 2. The molecule has 1 atom stereocenters. The monoisotopic (exact) mass is 551 g/mol. The van der Waals surface area contributed by atoms with Gasteiger partial charge >= 0.3 is 6.18 Å². The molecule has 1 aromatic carbocycles. The molecule has 0 unspecified atom stereocenters. The molecule has 9 nitrogen and oxygen atoms in total. The maximum Gasteiger partial charge on any atom is 0.435 e. The number of benzene rings is 1. The van der Waals surface area contributed by atoms with Gasteiger partial charge in [-0.15, -0.1) is 0 Å². The predicted octanol–water partition coefficient (Wildman–Crippen LogP) is 4.68. The average Bonchev–Trinajstić information content (AvgIpc) is 3.33. The molecule has 0 spiro atoms. The number of hydrogen-bond donors (Lipinski definition) is 1. The Labute approximate surface area is 228 Å². The molecule has 3 aromatic heterocycles. The summed E-state index contributed by atoms with van der Waals surface area (Å²) in [5.41, 5.74) is -0.388. The van der Waals surface area contributed by atoms with Gasteiger partial charge in [-0.3, -0.25) is 18.9 Å². The number of nitrogens with zero attached hydrogens (tertiary/aromatic N) is 6. The third-order valence-electron chi connectivity index (χ3n) is 6.93. The molecular formula is C28H28F3N7O2. The van der Waals surface area contributed by atoms with Crippen LogP contribution in [0.2, 0.25) is 0 Å². The molecule has 4 heterocycles. The molecule has 0 saturated carbocycles. The number of halogens is 3. The Morgan fingerprint density at radius 2 is 1.82 bits per heavy atom. The molecular weight excluding hydrogens is 523 g/mol. The van der Waals surface area contributed by atoms with E-state index in [4.69, 9.17) is 4.98 Å². The highest BCUT2D eigenvalue weighted by molar-refractivity contribution is 6.04. The maximum absolute atomic E-state index is 14.2. The highest BCUT2D eigenvalue weighted by atomic mass is 19.4. The van der Waals surface area contributed by atoms with Crippen LogP contribution in [0.25, 0.3) is 16.8 Å². The molecule has 12 heteroatoms. The smallest absolute Gasteiger partial charge is 0.348 e. The Bertz CT molecular complexity index is 1520. The quantitative estimate of drug-likeness (QED) is 0.374. The van der Waals surface area contributed by atoms with Crippen molar-refractivity contribution in [1.82, 2.24) is 29.2 Å². The second-order valence-corrected chi connectivity index (χ2v) is 9.83. The third-order valence-corrected chi connectivity index (χ3v) is 6.93. The number of nitrogens with one attached hydrogen (secondary N) is 1. The molecule has 4 aromatic rings. The SMILES string of the molecule is CN(C)C(=O)CN1CCCC[C@H]1c1nc(-c2ccc(C(=O)Nc3ccccn3)cc2)c2c(C(F)(F)F)nccn12. The van der Waals surface area contributed by atoms with Crippen molar-refractivity contribution in [3.8, 4) is 11.3 Å². The van der Waals surface area contributed by atoms with Crippen LogP contribution in [0.3, 0.4) is 0 Å². The number of imidazole rings is 1. The summed E-state index contributed by atoms with van der Waals surface area (Å²) in [4.78, 5) is 41.2. The van der Waals surface area contributed by atoms with Crippen LogP contribution in [0.5, 0.6) is 0 Å². The number of carbonyl (C=O) groups excluding carboxylic acids is 2. The molecule has 1 saturated heterocycles. The van der Waals surface area contributed by atoms with Crippen LogP contribution in [0.15, 0.2) is 61.1 Å². The molecule has 1 aliphatic rings. The predicted molar refractivity (Wildman–Crippen MR) is 142 cm³/mol. The standard InChI is InChI=1S/C28H28F3N7O2/c1-36(2)22(39)17-37-15-6-4-7-20(37)26-35-23(24-25(28(29,30)31)33-14-16-38(24)26)18-9-11-19(12-10-18)27(40)34-21-8-3-5-13-32-21/h3,5,8-14,16,20H,4,6-7,15,17H2,1-2H3,(H,32,34,40)/t20-/m0/s1. The first-order valence-corrected chi connectivity index (χ1v) is 12.8. The van der Waals surface area contributed by atoms with Crippen LogP contribution >= 0.6 is 0 Å². The summed E-state index contributed by atoms with van der Waals surface area (Å²) in [6.07, 6.45) is 1.82. The van der Waals surface area contributed by atoms with Crippen LogP contribution in [0.1, 0.15) is 47.2 Å². The van der Waals surface area contributed by atoms with E-state index in [2.05, 4.69) is 15.3 Å². The second kappa shape index (κ2) is 11.0. The molecule has 5 rings (SSSR count). The van der Waals surface area contributed by atoms with Crippen LogP contribution < -0.4 is 5.32 Å². The Morgan fingerprint density at radius 1 is 1.05 bits per heavy atom. The van der Waals surface area contributed by atoms with E-state index in [-0.39, 0.29) is 29.7 Å². The van der Waals surface area contributed by atoms with Crippen molar-refractivity contribution in [2.75, 3.05) is 32.5 Å². The van der Waals surface area contributed by atoms with E-state index in [1.54, 1.807) is 50.6 Å². The Balaban J connectivity index is 1.56. The Morgan fingerprint density at radius 3 is 2.50 bits per heavy atom. The minimum Gasteiger partial charge on any atom is -0.348 e. The highest BCUT2D eigenvalue weighted by Crippen LogP contribution is 2.39. The lowest BCUT2D eigenvalue weighted by Crippen LogP contribution is -2.41. The lowest BCUT2D eigenvalue weighted by molar-refractivity contribution is -0.140. The number of rotatable bonds is 6. The van der Waals surface area contributed by atoms with Crippen LogP contribution in [0.4, 0.5) is 19.0 Å². The molecule has 0 bridgehead atoms. The van der Waals surface area contributed by atoms with Crippen molar-refractivity contribution in [3.63, 3.8) is 0 Å². The molecule has 0 aliphatic carbocycles. The van der Waals surface area contributed by atoms with Crippen LogP contribution in [0, 0.1) is 0 Å². The van der Waals surface area contributed by atoms with Gasteiger partial charge in [0.1, 0.15) is 17.2 Å². The third kappa shape index (κ3) is 5.53. The van der Waals surface area contributed by atoms with Gasteiger partial charge in [0.15, 0.2) is 5.69 Å². The fourth-order valence-corrected chi connectivity index (χ4v) is 4.90. The summed E-state index contributed by atoms with van der Waals surface area (Å²) in [6.45, 7) is 0.769. The number of alkyl halides is 3. The molecule has 40 heavy (non-hydrogen) atoms. The Kier molecular flexibility index (Phi) is 7.53. The summed E-state index contributed by atoms with van der Waals surface area (Å²) >= 11 is 0. The van der Waals surface area contributed by atoms with Crippen LogP contribution in [-0.4, -0.2) is 68.2 Å². The first-order valence-electron chi connectivity index (χ1n) is 12.8. The van der Waals surface area contributed by atoms with Crippen molar-refractivity contribution in [2.45, 2.75) is 31.5 Å². The lowest BCUT2D eigenvalue weighted by Gasteiger charge is -2.35. The molecule has 208 valence electrons. The number of likely N-dealkylation sites (tertiary alicyclic amines) is 1. The largest absolute Gasteiger partial charge is 0.435 e. The van der Waals surface area contributed by atoms with Gasteiger partial charge in [-0.05, 0) is 43.7 Å². The number of anilines is 1. The first-order chi connectivity index (χ1) is 19.1. The number of aromatic nitrogens is 4. The summed E-state index contributed by atoms with van der Waals surface area (Å²) in [5.74, 6) is 0.306. The minimum atomic E-state index is -4.72. The fourth-order valence-electron chi connectivity index (χ4n) is 4.90. The second-order valence-electron chi connectivity index (χ2n) is 9.83. The van der Waals surface area contributed by atoms with Gasteiger partial charge < -0.3 is 10.2 Å². The van der Waals surface area contributed by atoms with E-state index in [1.807, 2.05) is 4.90 Å². The number of piperidine rings is 1. The lowest BCUT2D eigenvalue weighted by atomic mass is 10.0. The van der Waals surface area contributed by atoms with Gasteiger partial charge in [0.2, 0.25) is 5.91 Å². The number of likely N-dealkylation sites (N-methyl/N-ethyl adjacent to an activating group) is 1. The van der Waals surface area contributed by atoms with E-state index in [0.717, 1.165) is 19.0 Å². The van der Waals surface area contributed by atoms with E-state index >= 15 is 0 Å². The summed E-state index contributed by atoms with van der Waals surface area (Å²) in [7, 11) is 3.34. The van der Waals surface area contributed by atoms with Gasteiger partial charge in [0.25, 0.3) is 5.91 Å². The Hall–Kier alpha value is -4.32. The van der Waals surface area contributed by atoms with E-state index in [9.17, 15) is 22.8 Å². The summed E-state index contributed by atoms with van der Waals surface area (Å²) in [5, 5.41) is 2.69. The minimum absolute atomic E-state index is 0.0924. The maximum atomic E-state index is 14.2. The number of hydrogen-bond acceptors (Lipinski definition) is 6. The summed E-state index contributed by atoms with van der Waals surface area (Å²) in [6, 6.07) is 11.0. The highest BCUT2D eigenvalue weighted by Gasteiger charge is 2.38. The fraction of sp³-hybridized carbons (Fsp3) is 0.321. The van der Waals surface area contributed by atoms with Crippen molar-refractivity contribution in [3.05, 3.63) is 78.1 Å². The van der Waals surface area contributed by atoms with Gasteiger partial charge in [-0.2, -0.15) is 13.2 Å². The average molecular weight is 552 g/mol. The normalized spacial score (nSPS) is 16.2. The number of amides is 2. The number of fused-ring (bicyclic) bond motifs is 1. The zero-order chi connectivity index (χ0) is 28.4. The van der Waals surface area contributed by atoms with Gasteiger partial charge in [0.05, 0.1) is 18.3 Å². The van der Waals surface area contributed by atoms with E-state index < -0.39 is 17.8 Å². The van der Waals surface area contributed by atoms with Crippen LogP contribution in [-0.2, 0) is 11.0 Å². The van der Waals surface area contributed by atoms with Gasteiger partial charge in [-0.1, -0.05) is 24.6 Å². The number of pyridine rings is 1. The zero-order valence-corrected chi connectivity index (χ0v) is 22.0. The molecule has 1 fully saturated rings. The van der Waals surface area contributed by atoms with E-state index in [0.29, 0.717) is 35.7 Å². The van der Waals surface area contributed by atoms with Crippen molar-refractivity contribution >= 4 is 23.1 Å². The molecule has 0 radical (unpaired) electrons. The van der Waals surface area contributed by atoms with Crippen molar-refractivity contribution < 1.29 is 22.8 Å². The molecule has 2 amide bonds. The summed E-state index contributed by atoms with van der Waals surface area (Å²) < 4.78 is 43.9.